The summed E-state index contributed by atoms with van der Waals surface area (Å²) >= 11 is 12.1. The van der Waals surface area contributed by atoms with Crippen molar-refractivity contribution in [2.75, 3.05) is 6.54 Å². The van der Waals surface area contributed by atoms with Gasteiger partial charge in [0.2, 0.25) is 0 Å². The van der Waals surface area contributed by atoms with Crippen LogP contribution in [0, 0.1) is 6.92 Å². The molecule has 2 aromatic rings. The first-order valence-corrected chi connectivity index (χ1v) is 8.23. The van der Waals surface area contributed by atoms with Crippen molar-refractivity contribution in [1.82, 2.24) is 15.5 Å². The Kier molecular flexibility index (Phi) is 6.30. The third-order valence-corrected chi connectivity index (χ3v) is 4.18. The molecule has 1 unspecified atom stereocenters. The molecule has 0 aliphatic rings. The first-order valence-electron chi connectivity index (χ1n) is 7.47. The van der Waals surface area contributed by atoms with Gasteiger partial charge in [0, 0.05) is 22.3 Å². The summed E-state index contributed by atoms with van der Waals surface area (Å²) in [5, 5.41) is 11.3. The molecule has 0 spiro atoms. The first kappa shape index (κ1) is 17.6. The van der Waals surface area contributed by atoms with Crippen LogP contribution in [0.5, 0.6) is 0 Å². The van der Waals surface area contributed by atoms with Gasteiger partial charge < -0.3 is 11.1 Å². The van der Waals surface area contributed by atoms with Crippen molar-refractivity contribution in [3.63, 3.8) is 0 Å². The molecule has 124 valence electrons. The van der Waals surface area contributed by atoms with Gasteiger partial charge in [-0.25, -0.2) is 0 Å². The lowest BCUT2D eigenvalue weighted by Crippen LogP contribution is -2.34. The number of hydrogen-bond donors (Lipinski definition) is 3. The molecule has 0 aliphatic heterocycles. The van der Waals surface area contributed by atoms with E-state index in [-0.39, 0.29) is 6.04 Å². The van der Waals surface area contributed by atoms with Crippen LogP contribution >= 0.6 is 23.2 Å². The highest BCUT2D eigenvalue weighted by atomic mass is 35.5. The number of benzene rings is 1. The molecular formula is C16H21Cl2N5. The van der Waals surface area contributed by atoms with Crippen molar-refractivity contribution in [2.24, 2.45) is 10.7 Å². The van der Waals surface area contributed by atoms with Crippen LogP contribution in [0.2, 0.25) is 10.0 Å². The number of nitrogens with one attached hydrogen (secondary N) is 2. The highest BCUT2D eigenvalue weighted by molar-refractivity contribution is 6.35. The normalized spacial score (nSPS) is 13.1. The molecule has 7 heteroatoms. The summed E-state index contributed by atoms with van der Waals surface area (Å²) in [5.41, 5.74) is 9.18. The van der Waals surface area contributed by atoms with Crippen LogP contribution in [-0.2, 0) is 6.42 Å². The van der Waals surface area contributed by atoms with E-state index in [1.165, 1.54) is 5.56 Å². The summed E-state index contributed by atoms with van der Waals surface area (Å²) in [7, 11) is 0. The molecule has 1 atom stereocenters. The molecule has 0 saturated heterocycles. The Morgan fingerprint density at radius 1 is 1.43 bits per heavy atom. The average Bonchev–Trinajstić information content (AvgIpc) is 2.88. The Labute approximate surface area is 146 Å². The standard InChI is InChI=1S/C16H21Cl2N5/c1-10-12(9-21-23-10)4-3-7-20-16(19)22-11(2)14-6-5-13(17)8-15(14)18/h5-6,8-9,11H,3-4,7H2,1-2H3,(H,21,23)(H3,19,20,22). The minimum atomic E-state index is -0.0420. The predicted octanol–water partition coefficient (Wildman–Crippen LogP) is 3.62. The van der Waals surface area contributed by atoms with Crippen molar-refractivity contribution in [2.45, 2.75) is 32.7 Å². The van der Waals surface area contributed by atoms with Crippen LogP contribution in [0.25, 0.3) is 0 Å². The fourth-order valence-corrected chi connectivity index (χ4v) is 2.87. The number of aromatic nitrogens is 2. The van der Waals surface area contributed by atoms with Crippen LogP contribution in [0.3, 0.4) is 0 Å². The number of aryl methyl sites for hydroxylation is 2. The first-order chi connectivity index (χ1) is 11.0. The average molecular weight is 354 g/mol. The summed E-state index contributed by atoms with van der Waals surface area (Å²) < 4.78 is 0. The molecule has 0 saturated carbocycles. The number of rotatable bonds is 6. The number of nitrogens with two attached hydrogens (primary N) is 1. The molecule has 0 amide bonds. The highest BCUT2D eigenvalue weighted by Crippen LogP contribution is 2.25. The van der Waals surface area contributed by atoms with E-state index in [9.17, 15) is 0 Å². The zero-order chi connectivity index (χ0) is 16.8. The maximum absolute atomic E-state index is 6.19. The van der Waals surface area contributed by atoms with Crippen molar-refractivity contribution in [1.29, 1.82) is 0 Å². The van der Waals surface area contributed by atoms with E-state index in [4.69, 9.17) is 28.9 Å². The van der Waals surface area contributed by atoms with Gasteiger partial charge in [-0.3, -0.25) is 10.1 Å². The van der Waals surface area contributed by atoms with E-state index in [1.807, 2.05) is 32.2 Å². The fraction of sp³-hybridized carbons (Fsp3) is 0.375. The molecule has 23 heavy (non-hydrogen) atoms. The Bertz CT molecular complexity index is 681. The molecular weight excluding hydrogens is 333 g/mol. The number of halogens is 2. The van der Waals surface area contributed by atoms with Gasteiger partial charge in [-0.05, 0) is 49.9 Å². The predicted molar refractivity (Wildman–Crippen MR) is 96.1 cm³/mol. The molecule has 0 aliphatic carbocycles. The summed E-state index contributed by atoms with van der Waals surface area (Å²) in [6.07, 6.45) is 3.70. The van der Waals surface area contributed by atoms with Gasteiger partial charge in [0.15, 0.2) is 5.96 Å². The van der Waals surface area contributed by atoms with E-state index >= 15 is 0 Å². The van der Waals surface area contributed by atoms with E-state index < -0.39 is 0 Å². The van der Waals surface area contributed by atoms with Gasteiger partial charge in [0.25, 0.3) is 0 Å². The van der Waals surface area contributed by atoms with Crippen molar-refractivity contribution in [3.8, 4) is 0 Å². The summed E-state index contributed by atoms with van der Waals surface area (Å²) in [4.78, 5) is 4.35. The third-order valence-electron chi connectivity index (χ3n) is 3.61. The largest absolute Gasteiger partial charge is 0.370 e. The van der Waals surface area contributed by atoms with Crippen LogP contribution in [0.1, 0.15) is 36.2 Å². The molecule has 4 N–H and O–H groups in total. The summed E-state index contributed by atoms with van der Waals surface area (Å²) in [6, 6.07) is 5.37. The van der Waals surface area contributed by atoms with E-state index in [0.29, 0.717) is 22.5 Å². The number of aromatic amines is 1. The number of aliphatic imine (C=N–C) groups is 1. The minimum absolute atomic E-state index is 0.0420. The van der Waals surface area contributed by atoms with Gasteiger partial charge >= 0.3 is 0 Å². The van der Waals surface area contributed by atoms with Crippen LogP contribution in [0.15, 0.2) is 29.4 Å². The summed E-state index contributed by atoms with van der Waals surface area (Å²) in [6.45, 7) is 4.65. The van der Waals surface area contributed by atoms with Gasteiger partial charge in [-0.15, -0.1) is 0 Å². The Balaban J connectivity index is 1.83. The molecule has 0 radical (unpaired) electrons. The SMILES string of the molecule is Cc1[nH]ncc1CCCN=C(N)NC(C)c1ccc(Cl)cc1Cl. The minimum Gasteiger partial charge on any atom is -0.370 e. The molecule has 1 aromatic heterocycles. The maximum atomic E-state index is 6.19. The molecule has 1 aromatic carbocycles. The Morgan fingerprint density at radius 3 is 2.87 bits per heavy atom. The molecule has 0 fully saturated rings. The summed E-state index contributed by atoms with van der Waals surface area (Å²) in [5.74, 6) is 0.410. The second-order valence-electron chi connectivity index (χ2n) is 5.42. The topological polar surface area (TPSA) is 79.1 Å². The molecule has 5 nitrogen and oxygen atoms in total. The number of H-pyrrole nitrogens is 1. The number of guanidine groups is 1. The van der Waals surface area contributed by atoms with E-state index in [1.54, 1.807) is 6.07 Å². The van der Waals surface area contributed by atoms with Gasteiger partial charge in [0.1, 0.15) is 0 Å². The van der Waals surface area contributed by atoms with Crippen molar-refractivity contribution in [3.05, 3.63) is 51.3 Å². The van der Waals surface area contributed by atoms with Gasteiger partial charge in [-0.1, -0.05) is 29.3 Å². The van der Waals surface area contributed by atoms with Crippen LogP contribution in [0.4, 0.5) is 0 Å². The lowest BCUT2D eigenvalue weighted by Gasteiger charge is -2.16. The highest BCUT2D eigenvalue weighted by Gasteiger charge is 2.10. The van der Waals surface area contributed by atoms with Crippen molar-refractivity contribution < 1.29 is 0 Å². The molecule has 1 heterocycles. The Hall–Kier alpha value is -1.72. The molecule has 0 bridgehead atoms. The molecule has 2 rings (SSSR count). The third kappa shape index (κ3) is 5.15. The smallest absolute Gasteiger partial charge is 0.189 e. The van der Waals surface area contributed by atoms with Gasteiger partial charge in [0.05, 0.1) is 12.2 Å². The fourth-order valence-electron chi connectivity index (χ4n) is 2.29. The maximum Gasteiger partial charge on any atom is 0.189 e. The van der Waals surface area contributed by atoms with Crippen LogP contribution < -0.4 is 11.1 Å². The van der Waals surface area contributed by atoms with Crippen molar-refractivity contribution >= 4 is 29.2 Å². The second-order valence-corrected chi connectivity index (χ2v) is 6.27. The van der Waals surface area contributed by atoms with Crippen LogP contribution in [-0.4, -0.2) is 22.7 Å². The zero-order valence-corrected chi connectivity index (χ0v) is 14.7. The Morgan fingerprint density at radius 2 is 2.22 bits per heavy atom. The van der Waals surface area contributed by atoms with E-state index in [0.717, 1.165) is 24.1 Å². The lowest BCUT2D eigenvalue weighted by molar-refractivity contribution is 0.704. The van der Waals surface area contributed by atoms with E-state index in [2.05, 4.69) is 20.5 Å². The second kappa shape index (κ2) is 8.22. The quantitative estimate of drug-likeness (QED) is 0.421. The monoisotopic (exact) mass is 353 g/mol. The number of hydrogen-bond acceptors (Lipinski definition) is 2. The zero-order valence-electron chi connectivity index (χ0n) is 13.2. The van der Waals surface area contributed by atoms with Gasteiger partial charge in [-0.2, -0.15) is 5.10 Å². The lowest BCUT2D eigenvalue weighted by atomic mass is 10.1. The number of nitrogens with zero attached hydrogens (tertiary/aromatic N) is 2.